The van der Waals surface area contributed by atoms with E-state index in [9.17, 15) is 0 Å². The lowest BCUT2D eigenvalue weighted by Gasteiger charge is -2.14. The van der Waals surface area contributed by atoms with E-state index < -0.39 is 0 Å². The van der Waals surface area contributed by atoms with Crippen LogP contribution in [0, 0.1) is 0 Å². The molecule has 1 atom stereocenters. The van der Waals surface area contributed by atoms with E-state index in [0.717, 1.165) is 18.7 Å². The van der Waals surface area contributed by atoms with Crippen LogP contribution in [0.25, 0.3) is 0 Å². The van der Waals surface area contributed by atoms with Crippen LogP contribution < -0.4 is 5.32 Å². The van der Waals surface area contributed by atoms with E-state index in [2.05, 4.69) is 56.6 Å². The molecule has 0 unspecified atom stereocenters. The Labute approximate surface area is 110 Å². The van der Waals surface area contributed by atoms with Crippen molar-refractivity contribution in [3.8, 4) is 0 Å². The molecule has 3 nitrogen and oxygen atoms in total. The minimum Gasteiger partial charge on any atom is -0.308 e. The number of hydrogen-bond donors (Lipinski definition) is 2. The summed E-state index contributed by atoms with van der Waals surface area (Å²) in [6.07, 6.45) is 2.78. The molecule has 90 valence electrons. The predicted octanol–water partition coefficient (Wildman–Crippen LogP) is 2.89. The van der Waals surface area contributed by atoms with Crippen molar-refractivity contribution >= 4 is 15.9 Å². The van der Waals surface area contributed by atoms with Crippen LogP contribution in [0.5, 0.6) is 0 Å². The second-order valence-corrected chi connectivity index (χ2v) is 5.01. The van der Waals surface area contributed by atoms with Crippen molar-refractivity contribution in [1.29, 1.82) is 0 Å². The molecule has 0 saturated heterocycles. The van der Waals surface area contributed by atoms with Gasteiger partial charge in [-0.2, -0.15) is 5.10 Å². The molecule has 1 aromatic carbocycles. The number of rotatable bonds is 5. The Morgan fingerprint density at radius 1 is 1.35 bits per heavy atom. The van der Waals surface area contributed by atoms with Crippen LogP contribution in [-0.2, 0) is 13.0 Å². The van der Waals surface area contributed by atoms with Crippen molar-refractivity contribution in [3.63, 3.8) is 0 Å². The number of benzene rings is 1. The van der Waals surface area contributed by atoms with Gasteiger partial charge >= 0.3 is 0 Å². The smallest absolute Gasteiger partial charge is 0.0490 e. The van der Waals surface area contributed by atoms with Crippen molar-refractivity contribution in [2.75, 3.05) is 0 Å². The second kappa shape index (κ2) is 5.98. The Hall–Kier alpha value is -1.13. The summed E-state index contributed by atoms with van der Waals surface area (Å²) in [5.41, 5.74) is 2.45. The predicted molar refractivity (Wildman–Crippen MR) is 72.7 cm³/mol. The lowest BCUT2D eigenvalue weighted by molar-refractivity contribution is 0.539. The molecule has 2 rings (SSSR count). The first-order valence-corrected chi connectivity index (χ1v) is 6.50. The van der Waals surface area contributed by atoms with Crippen LogP contribution in [0.15, 0.2) is 41.0 Å². The van der Waals surface area contributed by atoms with Gasteiger partial charge < -0.3 is 5.32 Å². The first-order valence-electron chi connectivity index (χ1n) is 5.71. The zero-order valence-corrected chi connectivity index (χ0v) is 11.4. The number of aromatic nitrogens is 2. The average molecular weight is 294 g/mol. The molecule has 0 bridgehead atoms. The van der Waals surface area contributed by atoms with E-state index in [4.69, 9.17) is 0 Å². The number of H-pyrrole nitrogens is 1. The lowest BCUT2D eigenvalue weighted by Crippen LogP contribution is -2.27. The van der Waals surface area contributed by atoms with E-state index in [-0.39, 0.29) is 0 Å². The largest absolute Gasteiger partial charge is 0.308 e. The van der Waals surface area contributed by atoms with Gasteiger partial charge in [0.25, 0.3) is 0 Å². The topological polar surface area (TPSA) is 40.7 Å². The highest BCUT2D eigenvalue weighted by Crippen LogP contribution is 2.17. The molecule has 2 N–H and O–H groups in total. The molecule has 0 radical (unpaired) electrons. The molecule has 1 heterocycles. The van der Waals surface area contributed by atoms with Crippen molar-refractivity contribution < 1.29 is 0 Å². The van der Waals surface area contributed by atoms with E-state index in [1.807, 2.05) is 12.1 Å². The molecule has 17 heavy (non-hydrogen) atoms. The summed E-state index contributed by atoms with van der Waals surface area (Å²) in [5, 5.41) is 10.3. The van der Waals surface area contributed by atoms with Gasteiger partial charge in [0.2, 0.25) is 0 Å². The minimum atomic E-state index is 0.428. The Morgan fingerprint density at radius 3 is 2.88 bits per heavy atom. The van der Waals surface area contributed by atoms with Gasteiger partial charge in [-0.25, -0.2) is 0 Å². The Bertz CT molecular complexity index is 453. The van der Waals surface area contributed by atoms with Crippen LogP contribution in [0.4, 0.5) is 0 Å². The number of halogens is 1. The third-order valence-electron chi connectivity index (χ3n) is 2.68. The molecule has 0 spiro atoms. The lowest BCUT2D eigenvalue weighted by atomic mass is 10.1. The summed E-state index contributed by atoms with van der Waals surface area (Å²) in [7, 11) is 0. The quantitative estimate of drug-likeness (QED) is 0.890. The van der Waals surface area contributed by atoms with Crippen molar-refractivity contribution in [1.82, 2.24) is 15.5 Å². The molecular weight excluding hydrogens is 278 g/mol. The minimum absolute atomic E-state index is 0.428. The molecular formula is C13H16BrN3. The third kappa shape index (κ3) is 3.68. The summed E-state index contributed by atoms with van der Waals surface area (Å²) in [6, 6.07) is 10.8. The molecule has 0 aliphatic carbocycles. The summed E-state index contributed by atoms with van der Waals surface area (Å²) in [4.78, 5) is 0. The number of aromatic amines is 1. The van der Waals surface area contributed by atoms with E-state index in [1.165, 1.54) is 10.0 Å². The summed E-state index contributed by atoms with van der Waals surface area (Å²) >= 11 is 3.57. The van der Waals surface area contributed by atoms with Gasteiger partial charge in [-0.15, -0.1) is 0 Å². The highest BCUT2D eigenvalue weighted by molar-refractivity contribution is 9.10. The van der Waals surface area contributed by atoms with Crippen molar-refractivity contribution in [2.24, 2.45) is 0 Å². The van der Waals surface area contributed by atoms with Crippen LogP contribution in [0.3, 0.4) is 0 Å². The molecule has 4 heteroatoms. The molecule has 2 aromatic rings. The van der Waals surface area contributed by atoms with E-state index in [1.54, 1.807) is 6.20 Å². The fourth-order valence-corrected chi connectivity index (χ4v) is 2.18. The average Bonchev–Trinajstić information content (AvgIpc) is 2.82. The molecule has 0 amide bonds. The zero-order valence-electron chi connectivity index (χ0n) is 9.78. The van der Waals surface area contributed by atoms with E-state index >= 15 is 0 Å². The SMILES string of the molecule is C[C@@H](Cc1ccccc1Br)NCc1ccn[nH]1. The number of nitrogens with zero attached hydrogens (tertiary/aromatic N) is 1. The Balaban J connectivity index is 1.85. The zero-order chi connectivity index (χ0) is 12.1. The van der Waals surface area contributed by atoms with Crippen LogP contribution in [-0.4, -0.2) is 16.2 Å². The first-order chi connectivity index (χ1) is 8.25. The van der Waals surface area contributed by atoms with Gasteiger partial charge in [0.1, 0.15) is 0 Å². The first kappa shape index (κ1) is 12.3. The van der Waals surface area contributed by atoms with E-state index in [0.29, 0.717) is 6.04 Å². The van der Waals surface area contributed by atoms with Crippen LogP contribution in [0.1, 0.15) is 18.2 Å². The summed E-state index contributed by atoms with van der Waals surface area (Å²) < 4.78 is 1.18. The maximum Gasteiger partial charge on any atom is 0.0490 e. The van der Waals surface area contributed by atoms with Gasteiger partial charge in [-0.05, 0) is 31.0 Å². The summed E-state index contributed by atoms with van der Waals surface area (Å²) in [5.74, 6) is 0. The van der Waals surface area contributed by atoms with Gasteiger partial charge in [0.15, 0.2) is 0 Å². The normalized spacial score (nSPS) is 12.6. The molecule has 0 aliphatic heterocycles. The van der Waals surface area contributed by atoms with Crippen molar-refractivity contribution in [2.45, 2.75) is 25.9 Å². The van der Waals surface area contributed by atoms with Gasteiger partial charge in [0, 0.05) is 29.0 Å². The number of nitrogens with one attached hydrogen (secondary N) is 2. The molecule has 1 aromatic heterocycles. The Morgan fingerprint density at radius 2 is 2.18 bits per heavy atom. The molecule has 0 aliphatic rings. The highest BCUT2D eigenvalue weighted by atomic mass is 79.9. The number of hydrogen-bond acceptors (Lipinski definition) is 2. The highest BCUT2D eigenvalue weighted by Gasteiger charge is 2.06. The maximum atomic E-state index is 3.93. The van der Waals surface area contributed by atoms with Crippen LogP contribution in [0.2, 0.25) is 0 Å². The second-order valence-electron chi connectivity index (χ2n) is 4.16. The molecule has 0 saturated carbocycles. The molecule has 0 fully saturated rings. The van der Waals surface area contributed by atoms with Gasteiger partial charge in [0.05, 0.1) is 0 Å². The van der Waals surface area contributed by atoms with Crippen molar-refractivity contribution in [3.05, 3.63) is 52.3 Å². The monoisotopic (exact) mass is 293 g/mol. The fraction of sp³-hybridized carbons (Fsp3) is 0.308. The third-order valence-corrected chi connectivity index (χ3v) is 3.46. The maximum absolute atomic E-state index is 3.93. The fourth-order valence-electron chi connectivity index (χ4n) is 1.73. The Kier molecular flexibility index (Phi) is 4.34. The standard InChI is InChI=1S/C13H16BrN3/c1-10(15-9-12-6-7-16-17-12)8-11-4-2-3-5-13(11)14/h2-7,10,15H,8-9H2,1H3,(H,16,17)/t10-/m0/s1. The van der Waals surface area contributed by atoms with Gasteiger partial charge in [-0.3, -0.25) is 5.10 Å². The summed E-state index contributed by atoms with van der Waals surface area (Å²) in [6.45, 7) is 3.02. The van der Waals surface area contributed by atoms with Gasteiger partial charge in [-0.1, -0.05) is 34.1 Å². The van der Waals surface area contributed by atoms with Crippen LogP contribution >= 0.6 is 15.9 Å².